The molecule has 0 N–H and O–H groups in total. The lowest BCUT2D eigenvalue weighted by Crippen LogP contribution is -2.11. The molecule has 0 spiro atoms. The minimum absolute atomic E-state index is 0.623. The van der Waals surface area contributed by atoms with Crippen LogP contribution in [0.1, 0.15) is 44.5 Å². The second-order valence-corrected chi connectivity index (χ2v) is 17.2. The summed E-state index contributed by atoms with van der Waals surface area (Å²) in [5.74, 6) is 0. The fraction of sp³-hybridized carbons (Fsp3) is 0.103. The molecule has 0 aliphatic heterocycles. The summed E-state index contributed by atoms with van der Waals surface area (Å²) in [5.41, 5.74) is 18.0. The molecule has 11 aromatic rings. The van der Waals surface area contributed by atoms with Gasteiger partial charge < -0.3 is 18.6 Å². The van der Waals surface area contributed by atoms with E-state index < -0.39 is 0 Å². The Morgan fingerprint density at radius 2 is 0.797 bits per heavy atom. The Balaban J connectivity index is 1.03. The zero-order chi connectivity index (χ0) is 44.0. The molecule has 6 heteroatoms. The van der Waals surface area contributed by atoms with E-state index in [0.29, 0.717) is 11.1 Å². The number of nitrogens with zero attached hydrogens (tertiary/aromatic N) is 4. The summed E-state index contributed by atoms with van der Waals surface area (Å²) in [5, 5.41) is 27.4. The molecule has 0 atom stereocenters. The van der Waals surface area contributed by atoms with Crippen molar-refractivity contribution in [1.82, 2.24) is 0 Å². The Morgan fingerprint density at radius 3 is 1.27 bits per heavy atom. The van der Waals surface area contributed by atoms with Gasteiger partial charge in [-0.3, -0.25) is 0 Å². The molecule has 6 nitrogen and oxygen atoms in total. The molecule has 0 saturated heterocycles. The van der Waals surface area contributed by atoms with E-state index in [4.69, 9.17) is 8.83 Å². The lowest BCUT2D eigenvalue weighted by molar-refractivity contribution is 0.663. The van der Waals surface area contributed by atoms with E-state index in [1.165, 1.54) is 33.4 Å². The molecule has 0 aliphatic rings. The maximum Gasteiger partial charge on any atom is 0.147 e. The van der Waals surface area contributed by atoms with Crippen molar-refractivity contribution in [2.45, 2.75) is 41.5 Å². The highest BCUT2D eigenvalue weighted by molar-refractivity contribution is 6.24. The molecule has 64 heavy (non-hydrogen) atoms. The molecule has 11 rings (SSSR count). The van der Waals surface area contributed by atoms with Crippen LogP contribution in [0.5, 0.6) is 0 Å². The summed E-state index contributed by atoms with van der Waals surface area (Å²) in [4.78, 5) is 4.51. The van der Waals surface area contributed by atoms with Crippen molar-refractivity contribution in [3.63, 3.8) is 0 Å². The van der Waals surface area contributed by atoms with Crippen LogP contribution in [0.4, 0.5) is 34.1 Å². The van der Waals surface area contributed by atoms with Gasteiger partial charge in [-0.1, -0.05) is 12.1 Å². The number of aryl methyl sites for hydroxylation is 4. The van der Waals surface area contributed by atoms with Crippen LogP contribution >= 0.6 is 0 Å². The lowest BCUT2D eigenvalue weighted by Gasteiger charge is -2.27. The molecule has 0 bridgehead atoms. The first kappa shape index (κ1) is 38.6. The number of fused-ring (bicyclic) bond motifs is 9. The average molecular weight is 827 g/mol. The highest BCUT2D eigenvalue weighted by Gasteiger charge is 2.21. The van der Waals surface area contributed by atoms with Gasteiger partial charge in [-0.25, -0.2) is 0 Å². The Kier molecular flexibility index (Phi) is 8.84. The largest absolute Gasteiger partial charge is 0.456 e. The lowest BCUT2D eigenvalue weighted by atomic mass is 10.0. The van der Waals surface area contributed by atoms with Gasteiger partial charge in [-0.05, 0) is 230 Å². The van der Waals surface area contributed by atoms with Crippen molar-refractivity contribution in [2.24, 2.45) is 0 Å². The van der Waals surface area contributed by atoms with Gasteiger partial charge in [-0.15, -0.1) is 0 Å². The van der Waals surface area contributed by atoms with Crippen molar-refractivity contribution in [3.8, 4) is 12.1 Å². The second-order valence-electron chi connectivity index (χ2n) is 17.2. The summed E-state index contributed by atoms with van der Waals surface area (Å²) >= 11 is 0. The number of benzene rings is 9. The maximum atomic E-state index is 9.54. The smallest absolute Gasteiger partial charge is 0.147 e. The fourth-order valence-electron chi connectivity index (χ4n) is 9.38. The molecule has 0 saturated carbocycles. The summed E-state index contributed by atoms with van der Waals surface area (Å²) in [6.07, 6.45) is 0. The molecular weight excluding hydrogens is 785 g/mol. The molecule has 0 radical (unpaired) electrons. The van der Waals surface area contributed by atoms with Gasteiger partial charge in [0.25, 0.3) is 0 Å². The van der Waals surface area contributed by atoms with Gasteiger partial charge >= 0.3 is 0 Å². The van der Waals surface area contributed by atoms with Crippen molar-refractivity contribution in [2.75, 3.05) is 9.80 Å². The van der Waals surface area contributed by atoms with Crippen LogP contribution in [0, 0.1) is 64.2 Å². The van der Waals surface area contributed by atoms with Gasteiger partial charge in [0.2, 0.25) is 0 Å². The number of anilines is 6. The first-order valence-electron chi connectivity index (χ1n) is 21.5. The van der Waals surface area contributed by atoms with Crippen LogP contribution in [0.25, 0.3) is 65.4 Å². The van der Waals surface area contributed by atoms with Gasteiger partial charge in [0.15, 0.2) is 0 Å². The molecular formula is C58H42N4O2. The third-order valence-corrected chi connectivity index (χ3v) is 13.3. The average Bonchev–Trinajstić information content (AvgIpc) is 3.85. The zero-order valence-corrected chi connectivity index (χ0v) is 36.5. The normalized spacial score (nSPS) is 11.6. The second kappa shape index (κ2) is 14.7. The number of hydrogen-bond donors (Lipinski definition) is 0. The molecule has 9 aromatic carbocycles. The quantitative estimate of drug-likeness (QED) is 0.166. The van der Waals surface area contributed by atoms with Crippen LogP contribution in [-0.2, 0) is 0 Å². The highest BCUT2D eigenvalue weighted by atomic mass is 16.3. The predicted molar refractivity (Wildman–Crippen MR) is 263 cm³/mol. The van der Waals surface area contributed by atoms with Crippen LogP contribution in [0.3, 0.4) is 0 Å². The molecule has 0 unspecified atom stereocenters. The minimum Gasteiger partial charge on any atom is -0.456 e. The summed E-state index contributed by atoms with van der Waals surface area (Å²) in [7, 11) is 0. The molecule has 0 fully saturated rings. The Morgan fingerprint density at radius 1 is 0.359 bits per heavy atom. The maximum absolute atomic E-state index is 9.54. The molecule has 0 amide bonds. The Hall–Kier alpha value is -8.32. The van der Waals surface area contributed by atoms with E-state index in [1.807, 2.05) is 48.5 Å². The monoisotopic (exact) mass is 826 g/mol. The molecule has 0 aliphatic carbocycles. The van der Waals surface area contributed by atoms with Crippen LogP contribution in [0.15, 0.2) is 154 Å². The molecule has 306 valence electrons. The number of furan rings is 2. The van der Waals surface area contributed by atoms with Crippen LogP contribution in [-0.4, -0.2) is 0 Å². The third kappa shape index (κ3) is 6.23. The van der Waals surface area contributed by atoms with Crippen LogP contribution < -0.4 is 9.80 Å². The van der Waals surface area contributed by atoms with E-state index >= 15 is 0 Å². The van der Waals surface area contributed by atoms with E-state index in [1.54, 1.807) is 0 Å². The zero-order valence-electron chi connectivity index (χ0n) is 36.5. The number of nitriles is 2. The first-order valence-corrected chi connectivity index (χ1v) is 21.5. The van der Waals surface area contributed by atoms with E-state index in [9.17, 15) is 10.5 Å². The highest BCUT2D eigenvalue weighted by Crippen LogP contribution is 2.44. The first-order chi connectivity index (χ1) is 31.0. The molecule has 2 aromatic heterocycles. The summed E-state index contributed by atoms with van der Waals surface area (Å²) < 4.78 is 13.5. The summed E-state index contributed by atoms with van der Waals surface area (Å²) in [6, 6.07) is 55.0. The SMILES string of the molecule is Cc1cc(N(c2ccc(C#N)cc2)c2ccc3cc4c(cc3c2)oc2c4ccc3oc4cc5cc(N(c6ccc(C#N)cc6)c6cc(C)c(C)c(C)c6)ccc5cc4c32)cc(C)c1C. The summed E-state index contributed by atoms with van der Waals surface area (Å²) in [6.45, 7) is 12.9. The van der Waals surface area contributed by atoms with Crippen molar-refractivity contribution < 1.29 is 8.83 Å². The number of hydrogen-bond acceptors (Lipinski definition) is 6. The van der Waals surface area contributed by atoms with Crippen molar-refractivity contribution in [1.29, 1.82) is 10.5 Å². The van der Waals surface area contributed by atoms with E-state index in [-0.39, 0.29) is 0 Å². The Labute approximate surface area is 371 Å². The van der Waals surface area contributed by atoms with Gasteiger partial charge in [-0.2, -0.15) is 10.5 Å². The number of rotatable bonds is 6. The van der Waals surface area contributed by atoms with Gasteiger partial charge in [0.05, 0.1) is 28.7 Å². The van der Waals surface area contributed by atoms with Gasteiger partial charge in [0.1, 0.15) is 22.3 Å². The standard InChI is InChI=1S/C58H42N4O2/c1-33-21-49(22-34(2)37(33)5)61(45-13-7-39(31-59)8-14-45)47-17-11-41-27-52-51-19-20-54-57(58(51)64-55(52)29-43(41)25-47)53-28-42-12-18-48(26-44(42)30-56(53)63-54)62(46-15-9-40(32-60)10-16-46)50-23-35(3)38(6)36(4)24-50/h7-30H,1-6H3. The van der Waals surface area contributed by atoms with Crippen LogP contribution in [0.2, 0.25) is 0 Å². The predicted octanol–water partition coefficient (Wildman–Crippen LogP) is 16.3. The minimum atomic E-state index is 0.623. The molecule has 2 heterocycles. The van der Waals surface area contributed by atoms with E-state index in [2.05, 4.69) is 161 Å². The third-order valence-electron chi connectivity index (χ3n) is 13.3. The van der Waals surface area contributed by atoms with Crippen molar-refractivity contribution in [3.05, 3.63) is 190 Å². The topological polar surface area (TPSA) is 80.3 Å². The van der Waals surface area contributed by atoms with E-state index in [0.717, 1.165) is 99.5 Å². The van der Waals surface area contributed by atoms with Crippen molar-refractivity contribution >= 4 is 99.5 Å². The fourth-order valence-corrected chi connectivity index (χ4v) is 9.38. The van der Waals surface area contributed by atoms with Gasteiger partial charge in [0, 0.05) is 50.3 Å². The Bertz CT molecular complexity index is 3780.